The number of hydrogen-bond donors (Lipinski definition) is 2. The molecule has 6 nitrogen and oxygen atoms in total. The van der Waals surface area contributed by atoms with Crippen molar-refractivity contribution in [3.8, 4) is 5.75 Å². The molecule has 0 fully saturated rings. The first-order valence-electron chi connectivity index (χ1n) is 9.76. The zero-order valence-electron chi connectivity index (χ0n) is 17.0. The van der Waals surface area contributed by atoms with Crippen LogP contribution in [0.15, 0.2) is 51.7 Å². The van der Waals surface area contributed by atoms with E-state index in [9.17, 15) is 14.7 Å². The van der Waals surface area contributed by atoms with Crippen molar-refractivity contribution in [3.63, 3.8) is 0 Å². The van der Waals surface area contributed by atoms with Crippen LogP contribution in [-0.4, -0.2) is 29.5 Å². The van der Waals surface area contributed by atoms with E-state index in [1.165, 1.54) is 12.1 Å². The van der Waals surface area contributed by atoms with E-state index in [-0.39, 0.29) is 18.2 Å². The van der Waals surface area contributed by atoms with Crippen LogP contribution in [0.1, 0.15) is 30.5 Å². The number of benzene rings is 2. The number of para-hydroxylation sites is 1. The molecule has 6 heteroatoms. The lowest BCUT2D eigenvalue weighted by Gasteiger charge is -2.18. The van der Waals surface area contributed by atoms with Crippen LogP contribution >= 0.6 is 0 Å². The van der Waals surface area contributed by atoms with E-state index in [4.69, 9.17) is 4.42 Å². The normalized spacial score (nSPS) is 11.2. The van der Waals surface area contributed by atoms with Crippen LogP contribution in [-0.2, 0) is 24.2 Å². The van der Waals surface area contributed by atoms with E-state index >= 15 is 0 Å². The summed E-state index contributed by atoms with van der Waals surface area (Å²) in [6.45, 7) is 4.58. The summed E-state index contributed by atoms with van der Waals surface area (Å²) >= 11 is 0. The SMILES string of the molecule is CCc1cc2c(CN(C)CC(=O)Nc3ccccc3CC)cc(=O)oc2cc1O. The number of fused-ring (bicyclic) bond motifs is 1. The smallest absolute Gasteiger partial charge is 0.336 e. The number of carbonyl (C=O) groups is 1. The fourth-order valence-electron chi connectivity index (χ4n) is 3.45. The van der Waals surface area contributed by atoms with Crippen molar-refractivity contribution in [1.29, 1.82) is 0 Å². The number of phenolic OH excluding ortho intramolecular Hbond substituents is 1. The average Bonchev–Trinajstić information content (AvgIpc) is 2.67. The molecule has 0 saturated carbocycles. The second-order valence-corrected chi connectivity index (χ2v) is 7.15. The number of anilines is 1. The van der Waals surface area contributed by atoms with Crippen molar-refractivity contribution >= 4 is 22.6 Å². The molecule has 1 aromatic heterocycles. The summed E-state index contributed by atoms with van der Waals surface area (Å²) in [5, 5.41) is 13.8. The summed E-state index contributed by atoms with van der Waals surface area (Å²) in [6, 6.07) is 12.5. The summed E-state index contributed by atoms with van der Waals surface area (Å²) in [6.07, 6.45) is 1.50. The zero-order valence-corrected chi connectivity index (χ0v) is 17.0. The number of hydrogen-bond acceptors (Lipinski definition) is 5. The molecule has 0 aliphatic carbocycles. The Morgan fingerprint density at radius 3 is 2.52 bits per heavy atom. The summed E-state index contributed by atoms with van der Waals surface area (Å²) < 4.78 is 5.24. The van der Waals surface area contributed by atoms with Gasteiger partial charge in [0.15, 0.2) is 0 Å². The van der Waals surface area contributed by atoms with Crippen LogP contribution in [0.25, 0.3) is 11.0 Å². The second-order valence-electron chi connectivity index (χ2n) is 7.15. The largest absolute Gasteiger partial charge is 0.508 e. The summed E-state index contributed by atoms with van der Waals surface area (Å²) in [7, 11) is 1.83. The van der Waals surface area contributed by atoms with Crippen LogP contribution in [0.2, 0.25) is 0 Å². The standard InChI is InChI=1S/C23H26N2O4/c1-4-15-8-6-7-9-19(15)24-22(27)14-25(3)13-17-11-23(28)29-21-12-20(26)16(5-2)10-18(17)21/h6-12,26H,4-5,13-14H2,1-3H3,(H,24,27). The van der Waals surface area contributed by atoms with Gasteiger partial charge in [-0.3, -0.25) is 9.69 Å². The van der Waals surface area contributed by atoms with Gasteiger partial charge in [0, 0.05) is 29.8 Å². The fourth-order valence-corrected chi connectivity index (χ4v) is 3.45. The molecule has 0 saturated heterocycles. The lowest BCUT2D eigenvalue weighted by atomic mass is 10.0. The number of nitrogens with zero attached hydrogens (tertiary/aromatic N) is 1. The van der Waals surface area contributed by atoms with Crippen molar-refractivity contribution < 1.29 is 14.3 Å². The Morgan fingerprint density at radius 1 is 1.07 bits per heavy atom. The van der Waals surface area contributed by atoms with Crippen LogP contribution in [0, 0.1) is 0 Å². The lowest BCUT2D eigenvalue weighted by Crippen LogP contribution is -2.30. The molecular formula is C23H26N2O4. The third kappa shape index (κ3) is 4.84. The molecule has 0 atom stereocenters. The van der Waals surface area contributed by atoms with E-state index in [0.29, 0.717) is 18.5 Å². The third-order valence-electron chi connectivity index (χ3n) is 4.94. The maximum Gasteiger partial charge on any atom is 0.336 e. The highest BCUT2D eigenvalue weighted by Gasteiger charge is 2.14. The molecule has 0 aliphatic rings. The van der Waals surface area contributed by atoms with Gasteiger partial charge in [-0.25, -0.2) is 4.79 Å². The molecule has 0 bridgehead atoms. The van der Waals surface area contributed by atoms with Crippen molar-refractivity contribution in [1.82, 2.24) is 4.90 Å². The van der Waals surface area contributed by atoms with Gasteiger partial charge in [0.2, 0.25) is 5.91 Å². The maximum atomic E-state index is 12.5. The van der Waals surface area contributed by atoms with E-state index in [1.807, 2.05) is 56.1 Å². The highest BCUT2D eigenvalue weighted by Crippen LogP contribution is 2.27. The first kappa shape index (κ1) is 20.6. The molecule has 152 valence electrons. The van der Waals surface area contributed by atoms with Crippen LogP contribution in [0.4, 0.5) is 5.69 Å². The van der Waals surface area contributed by atoms with Crippen molar-refractivity contribution in [2.75, 3.05) is 18.9 Å². The molecule has 1 amide bonds. The van der Waals surface area contributed by atoms with Gasteiger partial charge >= 0.3 is 5.63 Å². The van der Waals surface area contributed by atoms with E-state index in [0.717, 1.165) is 34.2 Å². The van der Waals surface area contributed by atoms with E-state index < -0.39 is 5.63 Å². The highest BCUT2D eigenvalue weighted by molar-refractivity contribution is 5.93. The molecule has 3 rings (SSSR count). The van der Waals surface area contributed by atoms with Gasteiger partial charge in [0.1, 0.15) is 11.3 Å². The van der Waals surface area contributed by atoms with Gasteiger partial charge in [0.25, 0.3) is 0 Å². The van der Waals surface area contributed by atoms with Gasteiger partial charge in [-0.05, 0) is 48.7 Å². The number of aromatic hydroxyl groups is 1. The number of amides is 1. The molecule has 1 heterocycles. The minimum absolute atomic E-state index is 0.114. The Bertz CT molecular complexity index is 1090. The zero-order chi connectivity index (χ0) is 21.0. The number of phenols is 1. The van der Waals surface area contributed by atoms with Gasteiger partial charge in [-0.1, -0.05) is 32.0 Å². The fraction of sp³-hybridized carbons (Fsp3) is 0.304. The molecule has 2 N–H and O–H groups in total. The minimum Gasteiger partial charge on any atom is -0.508 e. The first-order valence-corrected chi connectivity index (χ1v) is 9.76. The summed E-state index contributed by atoms with van der Waals surface area (Å²) in [5.74, 6) is -0.00446. The Balaban J connectivity index is 1.78. The molecule has 2 aromatic carbocycles. The monoisotopic (exact) mass is 394 g/mol. The number of nitrogens with one attached hydrogen (secondary N) is 1. The number of rotatable bonds is 7. The molecule has 29 heavy (non-hydrogen) atoms. The maximum absolute atomic E-state index is 12.5. The highest BCUT2D eigenvalue weighted by atomic mass is 16.4. The summed E-state index contributed by atoms with van der Waals surface area (Å²) in [4.78, 5) is 26.3. The molecule has 3 aromatic rings. The number of carbonyl (C=O) groups excluding carboxylic acids is 1. The molecule has 0 spiro atoms. The Morgan fingerprint density at radius 2 is 1.79 bits per heavy atom. The molecule has 0 aliphatic heterocycles. The van der Waals surface area contributed by atoms with Gasteiger partial charge < -0.3 is 14.8 Å². The minimum atomic E-state index is -0.481. The molecule has 0 unspecified atom stereocenters. The lowest BCUT2D eigenvalue weighted by molar-refractivity contribution is -0.117. The van der Waals surface area contributed by atoms with Crippen molar-refractivity contribution in [2.24, 2.45) is 0 Å². The predicted molar refractivity (Wildman–Crippen MR) is 114 cm³/mol. The number of likely N-dealkylation sites (N-methyl/N-ethyl adjacent to an activating group) is 1. The molecule has 0 radical (unpaired) electrons. The van der Waals surface area contributed by atoms with Crippen LogP contribution in [0.5, 0.6) is 5.75 Å². The van der Waals surface area contributed by atoms with Crippen LogP contribution < -0.4 is 10.9 Å². The van der Waals surface area contributed by atoms with E-state index in [1.54, 1.807) is 0 Å². The van der Waals surface area contributed by atoms with Gasteiger partial charge in [-0.2, -0.15) is 0 Å². The van der Waals surface area contributed by atoms with Gasteiger partial charge in [-0.15, -0.1) is 0 Å². The Kier molecular flexibility index (Phi) is 6.34. The third-order valence-corrected chi connectivity index (χ3v) is 4.94. The molecular weight excluding hydrogens is 368 g/mol. The van der Waals surface area contributed by atoms with Crippen molar-refractivity contribution in [3.05, 3.63) is 69.6 Å². The first-order chi connectivity index (χ1) is 13.9. The Hall–Kier alpha value is -3.12. The van der Waals surface area contributed by atoms with Crippen molar-refractivity contribution in [2.45, 2.75) is 33.2 Å². The quantitative estimate of drug-likeness (QED) is 0.597. The van der Waals surface area contributed by atoms with E-state index in [2.05, 4.69) is 5.32 Å². The summed E-state index contributed by atoms with van der Waals surface area (Å²) in [5.41, 5.74) is 3.31. The van der Waals surface area contributed by atoms with Crippen LogP contribution in [0.3, 0.4) is 0 Å². The predicted octanol–water partition coefficient (Wildman–Crippen LogP) is 3.69. The average molecular weight is 394 g/mol. The van der Waals surface area contributed by atoms with Gasteiger partial charge in [0.05, 0.1) is 6.54 Å². The second kappa shape index (κ2) is 8.92. The number of aryl methyl sites for hydroxylation is 2. The Labute approximate surface area is 169 Å². The topological polar surface area (TPSA) is 82.8 Å².